The normalized spacial score (nSPS) is 12.1. The Bertz CT molecular complexity index is 1460. The maximum absolute atomic E-state index is 14.3. The van der Waals surface area contributed by atoms with E-state index in [1.165, 1.54) is 23.3 Å². The van der Waals surface area contributed by atoms with E-state index in [-0.39, 0.29) is 5.91 Å². The van der Waals surface area contributed by atoms with Gasteiger partial charge in [0.2, 0.25) is 0 Å². The highest BCUT2D eigenvalue weighted by molar-refractivity contribution is 5.94. The molecule has 0 bridgehead atoms. The Morgan fingerprint density at radius 2 is 1.63 bits per heavy atom. The van der Waals surface area contributed by atoms with Gasteiger partial charge in [-0.05, 0) is 96.0 Å². The molecule has 176 valence electrons. The SMILES string of the molecule is Cc1cc(N)nc(C)c1CNC(=O)c1ccc2c(c1)Cc1cc(-c3ccc(F)cc3F)ccc1C2. The van der Waals surface area contributed by atoms with Crippen molar-refractivity contribution in [2.75, 3.05) is 5.73 Å². The molecule has 0 atom stereocenters. The summed E-state index contributed by atoms with van der Waals surface area (Å²) < 4.78 is 27.7. The van der Waals surface area contributed by atoms with Crippen LogP contribution in [0.5, 0.6) is 0 Å². The fraction of sp³-hybridized carbons (Fsp3) is 0.172. The number of nitrogens with one attached hydrogen (secondary N) is 1. The van der Waals surface area contributed by atoms with Crippen LogP contribution in [0.25, 0.3) is 11.1 Å². The number of hydrogen-bond acceptors (Lipinski definition) is 3. The van der Waals surface area contributed by atoms with Crippen molar-refractivity contribution in [3.05, 3.63) is 117 Å². The predicted octanol–water partition coefficient (Wildman–Crippen LogP) is 5.65. The molecule has 4 aromatic rings. The third-order valence-electron chi connectivity index (χ3n) is 6.68. The fourth-order valence-electron chi connectivity index (χ4n) is 4.79. The minimum Gasteiger partial charge on any atom is -0.384 e. The molecule has 0 radical (unpaired) electrons. The van der Waals surface area contributed by atoms with E-state index in [0.29, 0.717) is 35.5 Å². The number of pyridine rings is 1. The summed E-state index contributed by atoms with van der Waals surface area (Å²) in [6.07, 6.45) is 1.39. The molecular formula is C29H25F2N3O. The molecule has 3 aromatic carbocycles. The van der Waals surface area contributed by atoms with Gasteiger partial charge in [0.15, 0.2) is 0 Å². The van der Waals surface area contributed by atoms with Crippen LogP contribution in [0, 0.1) is 25.5 Å². The number of rotatable bonds is 4. The molecular weight excluding hydrogens is 444 g/mol. The van der Waals surface area contributed by atoms with Crippen molar-refractivity contribution >= 4 is 11.7 Å². The van der Waals surface area contributed by atoms with Crippen LogP contribution in [-0.2, 0) is 19.4 Å². The van der Waals surface area contributed by atoms with Gasteiger partial charge in [-0.3, -0.25) is 4.79 Å². The Morgan fingerprint density at radius 1 is 0.914 bits per heavy atom. The van der Waals surface area contributed by atoms with Crippen LogP contribution in [0.1, 0.15) is 49.4 Å². The molecule has 0 unspecified atom stereocenters. The van der Waals surface area contributed by atoms with Crippen molar-refractivity contribution in [1.82, 2.24) is 10.3 Å². The quantitative estimate of drug-likeness (QED) is 0.357. The van der Waals surface area contributed by atoms with Crippen LogP contribution >= 0.6 is 0 Å². The van der Waals surface area contributed by atoms with Gasteiger partial charge in [0.1, 0.15) is 17.5 Å². The van der Waals surface area contributed by atoms with Gasteiger partial charge in [0.25, 0.3) is 5.91 Å². The van der Waals surface area contributed by atoms with Gasteiger partial charge < -0.3 is 11.1 Å². The summed E-state index contributed by atoms with van der Waals surface area (Å²) in [5, 5.41) is 2.99. The molecule has 0 saturated heterocycles. The van der Waals surface area contributed by atoms with Gasteiger partial charge in [-0.1, -0.05) is 24.3 Å². The third kappa shape index (κ3) is 4.52. The second-order valence-corrected chi connectivity index (χ2v) is 9.06. The smallest absolute Gasteiger partial charge is 0.251 e. The second-order valence-electron chi connectivity index (χ2n) is 9.06. The van der Waals surface area contributed by atoms with Gasteiger partial charge >= 0.3 is 0 Å². The highest BCUT2D eigenvalue weighted by atomic mass is 19.1. The van der Waals surface area contributed by atoms with E-state index in [0.717, 1.165) is 40.4 Å². The number of nitrogens with two attached hydrogens (primary N) is 1. The number of aromatic nitrogens is 1. The van der Waals surface area contributed by atoms with Gasteiger partial charge in [-0.25, -0.2) is 13.8 Å². The van der Waals surface area contributed by atoms with Crippen molar-refractivity contribution in [2.24, 2.45) is 0 Å². The summed E-state index contributed by atoms with van der Waals surface area (Å²) in [5.74, 6) is -0.865. The summed E-state index contributed by atoms with van der Waals surface area (Å²) in [5.41, 5.74) is 14.7. The number of fused-ring (bicyclic) bond motifs is 2. The maximum atomic E-state index is 14.3. The molecule has 0 aliphatic heterocycles. The van der Waals surface area contributed by atoms with Crippen molar-refractivity contribution in [3.63, 3.8) is 0 Å². The lowest BCUT2D eigenvalue weighted by atomic mass is 9.83. The van der Waals surface area contributed by atoms with Crippen molar-refractivity contribution in [2.45, 2.75) is 33.2 Å². The molecule has 4 nitrogen and oxygen atoms in total. The molecule has 3 N–H and O–H groups in total. The highest BCUT2D eigenvalue weighted by Gasteiger charge is 2.19. The van der Waals surface area contributed by atoms with E-state index in [9.17, 15) is 13.6 Å². The van der Waals surface area contributed by atoms with Gasteiger partial charge in [0.05, 0.1) is 0 Å². The minimum atomic E-state index is -0.595. The standard InChI is InChI=1S/C29H25F2N3O/c1-16-9-28(32)34-17(2)26(16)15-33-29(35)21-6-4-19-10-18-3-5-20(11-22(18)13-23(19)12-21)25-8-7-24(30)14-27(25)31/h3-9,11-12,14H,10,13,15H2,1-2H3,(H2,32,34)(H,33,35). The number of nitrogen functional groups attached to an aromatic ring is 1. The first-order chi connectivity index (χ1) is 16.8. The molecule has 1 aromatic heterocycles. The van der Waals surface area contributed by atoms with E-state index in [4.69, 9.17) is 5.73 Å². The molecule has 5 rings (SSSR count). The van der Waals surface area contributed by atoms with Crippen LogP contribution in [0.4, 0.5) is 14.6 Å². The number of benzene rings is 3. The number of halogens is 2. The molecule has 1 aliphatic rings. The Labute approximate surface area is 202 Å². The van der Waals surface area contributed by atoms with Crippen LogP contribution in [0.2, 0.25) is 0 Å². The average Bonchev–Trinajstić information content (AvgIpc) is 2.81. The number of nitrogens with zero attached hydrogens (tertiary/aromatic N) is 1. The van der Waals surface area contributed by atoms with Gasteiger partial charge in [-0.15, -0.1) is 0 Å². The minimum absolute atomic E-state index is 0.156. The fourth-order valence-corrected chi connectivity index (χ4v) is 4.79. The van der Waals surface area contributed by atoms with Crippen LogP contribution in [0.3, 0.4) is 0 Å². The summed E-state index contributed by atoms with van der Waals surface area (Å²) in [4.78, 5) is 17.2. The number of amides is 1. The zero-order valence-electron chi connectivity index (χ0n) is 19.6. The Hall–Kier alpha value is -4.06. The van der Waals surface area contributed by atoms with E-state index in [1.54, 1.807) is 6.07 Å². The first-order valence-electron chi connectivity index (χ1n) is 11.5. The lowest BCUT2D eigenvalue weighted by molar-refractivity contribution is 0.0950. The lowest BCUT2D eigenvalue weighted by Gasteiger charge is -2.21. The van der Waals surface area contributed by atoms with Crippen LogP contribution < -0.4 is 11.1 Å². The largest absolute Gasteiger partial charge is 0.384 e. The number of carbonyl (C=O) groups excluding carboxylic acids is 1. The zero-order chi connectivity index (χ0) is 24.7. The number of carbonyl (C=O) groups is 1. The first-order valence-corrected chi connectivity index (χ1v) is 11.5. The lowest BCUT2D eigenvalue weighted by Crippen LogP contribution is -2.24. The van der Waals surface area contributed by atoms with Crippen LogP contribution in [-0.4, -0.2) is 10.9 Å². The maximum Gasteiger partial charge on any atom is 0.251 e. The Kier molecular flexibility index (Phi) is 5.81. The number of aryl methyl sites for hydroxylation is 2. The second kappa shape index (κ2) is 8.95. The Balaban J connectivity index is 1.36. The monoisotopic (exact) mass is 469 g/mol. The van der Waals surface area contributed by atoms with E-state index in [2.05, 4.69) is 10.3 Å². The van der Waals surface area contributed by atoms with Crippen molar-refractivity contribution in [3.8, 4) is 11.1 Å². The molecule has 0 spiro atoms. The summed E-state index contributed by atoms with van der Waals surface area (Å²) in [7, 11) is 0. The third-order valence-corrected chi connectivity index (χ3v) is 6.68. The molecule has 6 heteroatoms. The number of hydrogen-bond donors (Lipinski definition) is 2. The van der Waals surface area contributed by atoms with Crippen LogP contribution in [0.15, 0.2) is 60.7 Å². The van der Waals surface area contributed by atoms with Crippen molar-refractivity contribution in [1.29, 1.82) is 0 Å². The highest BCUT2D eigenvalue weighted by Crippen LogP contribution is 2.32. The summed E-state index contributed by atoms with van der Waals surface area (Å²) in [6.45, 7) is 4.21. The molecule has 1 aliphatic carbocycles. The van der Waals surface area contributed by atoms with E-state index < -0.39 is 11.6 Å². The zero-order valence-corrected chi connectivity index (χ0v) is 19.6. The predicted molar refractivity (Wildman–Crippen MR) is 133 cm³/mol. The Morgan fingerprint density at radius 3 is 2.37 bits per heavy atom. The van der Waals surface area contributed by atoms with E-state index in [1.807, 2.05) is 50.2 Å². The number of anilines is 1. The average molecular weight is 470 g/mol. The van der Waals surface area contributed by atoms with Gasteiger partial charge in [0, 0.05) is 29.4 Å². The summed E-state index contributed by atoms with van der Waals surface area (Å²) in [6, 6.07) is 17.0. The molecule has 0 saturated carbocycles. The molecule has 0 fully saturated rings. The molecule has 35 heavy (non-hydrogen) atoms. The first kappa shape index (κ1) is 22.7. The van der Waals surface area contributed by atoms with E-state index >= 15 is 0 Å². The molecule has 1 amide bonds. The van der Waals surface area contributed by atoms with Crippen molar-refractivity contribution < 1.29 is 13.6 Å². The molecule has 1 heterocycles. The summed E-state index contributed by atoms with van der Waals surface area (Å²) >= 11 is 0. The topological polar surface area (TPSA) is 68.0 Å². The van der Waals surface area contributed by atoms with Gasteiger partial charge in [-0.2, -0.15) is 0 Å².